The highest BCUT2D eigenvalue weighted by molar-refractivity contribution is 7.89. The highest BCUT2D eigenvalue weighted by atomic mass is 32.2. The number of nitrogens with one attached hydrogen (secondary N) is 1. The van der Waals surface area contributed by atoms with E-state index in [1.165, 1.54) is 27.8 Å². The maximum Gasteiger partial charge on any atom is 0.243 e. The van der Waals surface area contributed by atoms with E-state index in [1.54, 1.807) is 19.1 Å². The van der Waals surface area contributed by atoms with Crippen LogP contribution in [0.3, 0.4) is 0 Å². The summed E-state index contributed by atoms with van der Waals surface area (Å²) in [5.41, 5.74) is 0.978. The van der Waals surface area contributed by atoms with Crippen molar-refractivity contribution in [1.82, 2.24) is 19.5 Å². The molecule has 1 aromatic carbocycles. The summed E-state index contributed by atoms with van der Waals surface area (Å²) in [6, 6.07) is 9.08. The SMILES string of the molecule is Cc1nnc(Nc2cccc([C@@H]3CN(S(=O)(=O)c4ccc(F)cc4C)CCO3)n2)s1. The summed E-state index contributed by atoms with van der Waals surface area (Å²) in [6.07, 6.45) is -0.521. The van der Waals surface area contributed by atoms with Crippen molar-refractivity contribution in [2.45, 2.75) is 24.8 Å². The van der Waals surface area contributed by atoms with Crippen LogP contribution in [0.2, 0.25) is 0 Å². The fraction of sp³-hybridized carbons (Fsp3) is 0.316. The first-order valence-electron chi connectivity index (χ1n) is 9.25. The Morgan fingerprint density at radius 1 is 1.23 bits per heavy atom. The zero-order valence-corrected chi connectivity index (χ0v) is 18.0. The van der Waals surface area contributed by atoms with Gasteiger partial charge in [0.05, 0.1) is 17.2 Å². The van der Waals surface area contributed by atoms with Gasteiger partial charge in [-0.25, -0.2) is 17.8 Å². The summed E-state index contributed by atoms with van der Waals surface area (Å²) >= 11 is 1.41. The van der Waals surface area contributed by atoms with Gasteiger partial charge in [-0.1, -0.05) is 17.4 Å². The van der Waals surface area contributed by atoms with Crippen LogP contribution in [0.15, 0.2) is 41.3 Å². The van der Waals surface area contributed by atoms with E-state index < -0.39 is 21.9 Å². The molecule has 0 aliphatic carbocycles. The number of rotatable bonds is 5. The van der Waals surface area contributed by atoms with Gasteiger partial charge >= 0.3 is 0 Å². The first-order chi connectivity index (χ1) is 14.3. The first-order valence-corrected chi connectivity index (χ1v) is 11.5. The average molecular weight is 450 g/mol. The smallest absolute Gasteiger partial charge is 0.243 e. The van der Waals surface area contributed by atoms with Gasteiger partial charge in [-0.05, 0) is 49.7 Å². The highest BCUT2D eigenvalue weighted by Crippen LogP contribution is 2.28. The van der Waals surface area contributed by atoms with Crippen molar-refractivity contribution in [3.8, 4) is 0 Å². The topological polar surface area (TPSA) is 97.3 Å². The van der Waals surface area contributed by atoms with Crippen molar-refractivity contribution in [2.24, 2.45) is 0 Å². The molecule has 1 saturated heterocycles. The molecule has 1 fully saturated rings. The van der Waals surface area contributed by atoms with Crippen LogP contribution in [0.5, 0.6) is 0 Å². The van der Waals surface area contributed by atoms with Gasteiger partial charge in [0.2, 0.25) is 15.2 Å². The Kier molecular flexibility index (Phi) is 5.78. The molecule has 4 rings (SSSR count). The lowest BCUT2D eigenvalue weighted by Crippen LogP contribution is -2.42. The van der Waals surface area contributed by atoms with Crippen LogP contribution in [0.25, 0.3) is 0 Å². The number of nitrogens with zero attached hydrogens (tertiary/aromatic N) is 4. The van der Waals surface area contributed by atoms with Crippen molar-refractivity contribution in [3.05, 3.63) is 58.5 Å². The van der Waals surface area contributed by atoms with Gasteiger partial charge in [0, 0.05) is 13.1 Å². The van der Waals surface area contributed by atoms with Gasteiger partial charge in [0.25, 0.3) is 0 Å². The Balaban J connectivity index is 1.54. The second kappa shape index (κ2) is 8.34. The maximum absolute atomic E-state index is 13.4. The minimum absolute atomic E-state index is 0.0968. The van der Waals surface area contributed by atoms with E-state index in [2.05, 4.69) is 20.5 Å². The largest absolute Gasteiger partial charge is 0.369 e. The second-order valence-electron chi connectivity index (χ2n) is 6.83. The van der Waals surface area contributed by atoms with Gasteiger partial charge in [-0.3, -0.25) is 0 Å². The number of hydrogen-bond donors (Lipinski definition) is 1. The second-order valence-corrected chi connectivity index (χ2v) is 9.92. The van der Waals surface area contributed by atoms with Crippen molar-refractivity contribution in [3.63, 3.8) is 0 Å². The molecule has 158 valence electrons. The summed E-state index contributed by atoms with van der Waals surface area (Å²) in [7, 11) is -3.78. The number of sulfonamides is 1. The molecule has 30 heavy (non-hydrogen) atoms. The molecular weight excluding hydrogens is 429 g/mol. The molecule has 3 aromatic rings. The van der Waals surface area contributed by atoms with Gasteiger partial charge in [-0.15, -0.1) is 10.2 Å². The summed E-state index contributed by atoms with van der Waals surface area (Å²) in [5, 5.41) is 12.5. The number of aromatic nitrogens is 3. The molecule has 3 heterocycles. The molecule has 1 atom stereocenters. The van der Waals surface area contributed by atoms with E-state index >= 15 is 0 Å². The molecule has 2 aromatic heterocycles. The Bertz CT molecular complexity index is 1170. The molecule has 0 spiro atoms. The Morgan fingerprint density at radius 3 is 2.80 bits per heavy atom. The quantitative estimate of drug-likeness (QED) is 0.639. The zero-order valence-electron chi connectivity index (χ0n) is 16.4. The van der Waals surface area contributed by atoms with Crippen LogP contribution in [-0.4, -0.2) is 47.6 Å². The van der Waals surface area contributed by atoms with E-state index in [9.17, 15) is 12.8 Å². The van der Waals surface area contributed by atoms with Crippen LogP contribution in [0.1, 0.15) is 22.4 Å². The van der Waals surface area contributed by atoms with E-state index in [0.29, 0.717) is 22.2 Å². The summed E-state index contributed by atoms with van der Waals surface area (Å²) in [6.45, 7) is 4.02. The van der Waals surface area contributed by atoms with E-state index in [-0.39, 0.29) is 24.6 Å². The van der Waals surface area contributed by atoms with Gasteiger partial charge < -0.3 is 10.1 Å². The molecule has 0 amide bonds. The number of morpholine rings is 1. The number of anilines is 2. The third kappa shape index (κ3) is 4.33. The van der Waals surface area contributed by atoms with Crippen LogP contribution >= 0.6 is 11.3 Å². The number of aryl methyl sites for hydroxylation is 2. The molecule has 0 saturated carbocycles. The minimum Gasteiger partial charge on any atom is -0.369 e. The number of benzene rings is 1. The molecule has 0 bridgehead atoms. The van der Waals surface area contributed by atoms with Gasteiger partial charge in [0.15, 0.2) is 0 Å². The molecule has 0 radical (unpaired) electrons. The van der Waals surface area contributed by atoms with Crippen LogP contribution < -0.4 is 5.32 Å². The summed E-state index contributed by atoms with van der Waals surface area (Å²) in [4.78, 5) is 4.65. The van der Waals surface area contributed by atoms with Crippen molar-refractivity contribution >= 4 is 32.3 Å². The first kappa shape index (κ1) is 20.8. The maximum atomic E-state index is 13.4. The molecule has 1 aliphatic heterocycles. The van der Waals surface area contributed by atoms with E-state index in [4.69, 9.17) is 4.74 Å². The molecule has 11 heteroatoms. The monoisotopic (exact) mass is 449 g/mol. The number of hydrogen-bond acceptors (Lipinski definition) is 8. The molecule has 0 unspecified atom stereocenters. The van der Waals surface area contributed by atoms with E-state index in [0.717, 1.165) is 11.1 Å². The normalized spacial score (nSPS) is 17.8. The van der Waals surface area contributed by atoms with Crippen molar-refractivity contribution in [2.75, 3.05) is 25.0 Å². The number of halogens is 1. The third-order valence-corrected chi connectivity index (χ3v) is 7.43. The van der Waals surface area contributed by atoms with Crippen LogP contribution in [0.4, 0.5) is 15.3 Å². The van der Waals surface area contributed by atoms with E-state index in [1.807, 2.05) is 13.0 Å². The summed E-state index contributed by atoms with van der Waals surface area (Å²) < 4.78 is 46.8. The predicted octanol–water partition coefficient (Wildman–Crippen LogP) is 3.19. The van der Waals surface area contributed by atoms with Gasteiger partial charge in [0.1, 0.15) is 22.7 Å². The third-order valence-electron chi connectivity index (χ3n) is 4.65. The molecule has 1 N–H and O–H groups in total. The van der Waals surface area contributed by atoms with Gasteiger partial charge in [-0.2, -0.15) is 4.31 Å². The van der Waals surface area contributed by atoms with Crippen LogP contribution in [0, 0.1) is 19.7 Å². The lowest BCUT2D eigenvalue weighted by molar-refractivity contribution is -0.00487. The summed E-state index contributed by atoms with van der Waals surface area (Å²) in [5.74, 6) is 0.104. The highest BCUT2D eigenvalue weighted by Gasteiger charge is 2.33. The average Bonchev–Trinajstić information content (AvgIpc) is 3.12. The Morgan fingerprint density at radius 2 is 2.07 bits per heavy atom. The Labute approximate surface area is 177 Å². The number of pyridine rings is 1. The fourth-order valence-corrected chi connectivity index (χ4v) is 5.45. The fourth-order valence-electron chi connectivity index (χ4n) is 3.22. The zero-order chi connectivity index (χ0) is 21.3. The lowest BCUT2D eigenvalue weighted by atomic mass is 10.2. The number of ether oxygens (including phenoxy) is 1. The molecule has 8 nitrogen and oxygen atoms in total. The molecular formula is C19H20FN5O3S2. The Hall–Kier alpha value is -2.47. The predicted molar refractivity (Wildman–Crippen MR) is 111 cm³/mol. The van der Waals surface area contributed by atoms with Crippen LogP contribution in [-0.2, 0) is 14.8 Å². The van der Waals surface area contributed by atoms with Crippen molar-refractivity contribution < 1.29 is 17.5 Å². The van der Waals surface area contributed by atoms with Crippen molar-refractivity contribution in [1.29, 1.82) is 0 Å². The lowest BCUT2D eigenvalue weighted by Gasteiger charge is -2.32. The molecule has 1 aliphatic rings. The standard InChI is InChI=1S/C19H20FN5O3S2/c1-12-10-14(20)6-7-17(12)30(26,27)25-8-9-28-16(11-25)15-4-3-5-18(21-15)22-19-24-23-13(2)29-19/h3-7,10,16H,8-9,11H2,1-2H3,(H,21,22,24)/t16-/m0/s1. The minimum atomic E-state index is -3.78.